The van der Waals surface area contributed by atoms with Gasteiger partial charge in [0.05, 0.1) is 20.1 Å². The standard InChI is InChI=1S/C27H36N4O8/c1-16-14-17(6-11-21(16)33)23(24(35)29-18-7-9-19(38-5)10-8-18)31(12-13-32)25(36)20(15-22(28)34)30-26(37)39-27(2,3)4/h6-11,14,20,23,32-33H,12-13,15H2,1-5H3,(H2,28,34)(H,29,35)(H,30,37). The predicted octanol–water partition coefficient (Wildman–Crippen LogP) is 1.98. The number of nitrogens with one attached hydrogen (secondary N) is 2. The number of phenols is 1. The minimum Gasteiger partial charge on any atom is -0.508 e. The maximum absolute atomic E-state index is 13.8. The van der Waals surface area contributed by atoms with Crippen molar-refractivity contribution in [3.8, 4) is 11.5 Å². The van der Waals surface area contributed by atoms with Crippen molar-refractivity contribution in [2.75, 3.05) is 25.6 Å². The van der Waals surface area contributed by atoms with Crippen LogP contribution in [0.2, 0.25) is 0 Å². The molecule has 6 N–H and O–H groups in total. The molecule has 212 valence electrons. The molecule has 2 unspecified atom stereocenters. The van der Waals surface area contributed by atoms with Gasteiger partial charge < -0.3 is 41.0 Å². The first-order valence-electron chi connectivity index (χ1n) is 12.2. The van der Waals surface area contributed by atoms with Crippen molar-refractivity contribution in [3.63, 3.8) is 0 Å². The van der Waals surface area contributed by atoms with Crippen molar-refractivity contribution in [2.45, 2.75) is 51.8 Å². The van der Waals surface area contributed by atoms with Gasteiger partial charge in [-0.3, -0.25) is 14.4 Å². The highest BCUT2D eigenvalue weighted by molar-refractivity contribution is 5.99. The molecule has 0 aliphatic heterocycles. The number of carbonyl (C=O) groups excluding carboxylic acids is 4. The van der Waals surface area contributed by atoms with Crippen molar-refractivity contribution >= 4 is 29.5 Å². The highest BCUT2D eigenvalue weighted by Crippen LogP contribution is 2.28. The van der Waals surface area contributed by atoms with E-state index in [9.17, 15) is 29.4 Å². The summed E-state index contributed by atoms with van der Waals surface area (Å²) in [5.41, 5.74) is 5.61. The lowest BCUT2D eigenvalue weighted by atomic mass is 9.99. The number of anilines is 1. The van der Waals surface area contributed by atoms with Crippen LogP contribution in [0.4, 0.5) is 10.5 Å². The lowest BCUT2D eigenvalue weighted by Gasteiger charge is -2.34. The number of nitrogens with two attached hydrogens (primary N) is 1. The number of benzene rings is 2. The number of hydrogen-bond donors (Lipinski definition) is 5. The van der Waals surface area contributed by atoms with E-state index in [1.807, 2.05) is 0 Å². The van der Waals surface area contributed by atoms with E-state index in [-0.39, 0.29) is 12.3 Å². The van der Waals surface area contributed by atoms with Crippen LogP contribution in [0.25, 0.3) is 0 Å². The van der Waals surface area contributed by atoms with Crippen molar-refractivity contribution < 1.29 is 38.9 Å². The van der Waals surface area contributed by atoms with Gasteiger partial charge in [0.2, 0.25) is 11.8 Å². The molecule has 2 aromatic carbocycles. The first-order valence-corrected chi connectivity index (χ1v) is 12.2. The zero-order valence-corrected chi connectivity index (χ0v) is 22.7. The highest BCUT2D eigenvalue weighted by Gasteiger charge is 2.37. The average molecular weight is 545 g/mol. The Hall–Kier alpha value is -4.32. The molecular formula is C27H36N4O8. The summed E-state index contributed by atoms with van der Waals surface area (Å²) in [6.45, 7) is 5.64. The molecule has 0 aliphatic carbocycles. The van der Waals surface area contributed by atoms with Crippen molar-refractivity contribution in [2.24, 2.45) is 5.73 Å². The second kappa shape index (κ2) is 13.5. The van der Waals surface area contributed by atoms with E-state index in [1.165, 1.54) is 25.3 Å². The molecule has 12 heteroatoms. The van der Waals surface area contributed by atoms with E-state index in [1.54, 1.807) is 52.0 Å². The molecule has 2 atom stereocenters. The molecule has 12 nitrogen and oxygen atoms in total. The molecule has 2 aromatic rings. The number of rotatable bonds is 11. The Kier molecular flexibility index (Phi) is 10.7. The van der Waals surface area contributed by atoms with E-state index in [0.29, 0.717) is 22.6 Å². The van der Waals surface area contributed by atoms with Crippen LogP contribution in [-0.4, -0.2) is 70.8 Å². The monoisotopic (exact) mass is 544 g/mol. The summed E-state index contributed by atoms with van der Waals surface area (Å²) in [5, 5.41) is 24.9. The van der Waals surface area contributed by atoms with Gasteiger partial charge in [-0.2, -0.15) is 0 Å². The van der Waals surface area contributed by atoms with Crippen LogP contribution in [0.3, 0.4) is 0 Å². The van der Waals surface area contributed by atoms with E-state index < -0.39 is 54.5 Å². The number of ether oxygens (including phenoxy) is 2. The quantitative estimate of drug-likeness (QED) is 0.285. The van der Waals surface area contributed by atoms with E-state index in [2.05, 4.69) is 10.6 Å². The zero-order valence-electron chi connectivity index (χ0n) is 22.7. The summed E-state index contributed by atoms with van der Waals surface area (Å²) in [6.07, 6.45) is -1.55. The number of aryl methyl sites for hydroxylation is 1. The van der Waals surface area contributed by atoms with E-state index in [0.717, 1.165) is 4.90 Å². The summed E-state index contributed by atoms with van der Waals surface area (Å²) in [4.78, 5) is 52.7. The summed E-state index contributed by atoms with van der Waals surface area (Å²) in [7, 11) is 1.50. The average Bonchev–Trinajstić information content (AvgIpc) is 2.84. The molecule has 0 heterocycles. The van der Waals surface area contributed by atoms with E-state index >= 15 is 0 Å². The number of aliphatic hydroxyl groups excluding tert-OH is 1. The van der Waals surface area contributed by atoms with Crippen LogP contribution < -0.4 is 21.1 Å². The normalized spacial score (nSPS) is 12.6. The number of aliphatic hydroxyl groups is 1. The van der Waals surface area contributed by atoms with Crippen LogP contribution in [0.5, 0.6) is 11.5 Å². The number of alkyl carbamates (subject to hydrolysis) is 1. The van der Waals surface area contributed by atoms with Gasteiger partial charge in [0.15, 0.2) is 0 Å². The fourth-order valence-corrected chi connectivity index (χ4v) is 3.73. The van der Waals surface area contributed by atoms with Crippen LogP contribution >= 0.6 is 0 Å². The Bertz CT molecular complexity index is 1180. The molecule has 0 spiro atoms. The molecule has 39 heavy (non-hydrogen) atoms. The lowest BCUT2D eigenvalue weighted by molar-refractivity contribution is -0.142. The molecule has 0 radical (unpaired) electrons. The maximum Gasteiger partial charge on any atom is 0.408 e. The zero-order chi connectivity index (χ0) is 29.3. The van der Waals surface area contributed by atoms with Crippen LogP contribution in [0, 0.1) is 6.92 Å². The fourth-order valence-electron chi connectivity index (χ4n) is 3.73. The topological polar surface area (TPSA) is 181 Å². The summed E-state index contributed by atoms with van der Waals surface area (Å²) < 4.78 is 10.4. The van der Waals surface area contributed by atoms with Gasteiger partial charge in [0.25, 0.3) is 5.91 Å². The number of methoxy groups -OCH3 is 1. The van der Waals surface area contributed by atoms with Crippen LogP contribution in [0.15, 0.2) is 42.5 Å². The number of carbonyl (C=O) groups is 4. The molecular weight excluding hydrogens is 508 g/mol. The number of amides is 4. The second-order valence-corrected chi connectivity index (χ2v) is 9.79. The minimum atomic E-state index is -1.49. The molecule has 4 amide bonds. The third kappa shape index (κ3) is 9.18. The molecule has 0 saturated carbocycles. The lowest BCUT2D eigenvalue weighted by Crippen LogP contribution is -2.54. The SMILES string of the molecule is COc1ccc(NC(=O)C(c2ccc(O)c(C)c2)N(CCO)C(=O)C(CC(N)=O)NC(=O)OC(C)(C)C)cc1. The Labute approximate surface area is 227 Å². The summed E-state index contributed by atoms with van der Waals surface area (Å²) in [5.74, 6) is -1.84. The summed E-state index contributed by atoms with van der Waals surface area (Å²) >= 11 is 0. The Morgan fingerprint density at radius 3 is 2.23 bits per heavy atom. The van der Waals surface area contributed by atoms with Gasteiger partial charge in [-0.15, -0.1) is 0 Å². The van der Waals surface area contributed by atoms with Crippen molar-refractivity contribution in [1.82, 2.24) is 10.2 Å². The van der Waals surface area contributed by atoms with Crippen molar-refractivity contribution in [1.29, 1.82) is 0 Å². The predicted molar refractivity (Wildman–Crippen MR) is 143 cm³/mol. The Morgan fingerprint density at radius 1 is 1.08 bits per heavy atom. The molecule has 0 saturated heterocycles. The molecule has 0 bridgehead atoms. The van der Waals surface area contributed by atoms with Gasteiger partial charge in [-0.25, -0.2) is 4.79 Å². The van der Waals surface area contributed by atoms with Gasteiger partial charge in [0, 0.05) is 12.2 Å². The highest BCUT2D eigenvalue weighted by atomic mass is 16.6. The van der Waals surface area contributed by atoms with Crippen LogP contribution in [-0.2, 0) is 19.1 Å². The first-order chi connectivity index (χ1) is 18.2. The number of primary amides is 1. The fraction of sp³-hybridized carbons (Fsp3) is 0.407. The third-order valence-electron chi connectivity index (χ3n) is 5.47. The number of aromatic hydroxyl groups is 1. The number of hydrogen-bond acceptors (Lipinski definition) is 8. The minimum absolute atomic E-state index is 0.0219. The molecule has 2 rings (SSSR count). The number of nitrogens with zero attached hydrogens (tertiary/aromatic N) is 1. The van der Waals surface area contributed by atoms with Gasteiger partial charge in [-0.1, -0.05) is 6.07 Å². The van der Waals surface area contributed by atoms with Gasteiger partial charge in [-0.05, 0) is 75.2 Å². The summed E-state index contributed by atoms with van der Waals surface area (Å²) in [6, 6.07) is 8.03. The molecule has 0 aliphatic rings. The van der Waals surface area contributed by atoms with E-state index in [4.69, 9.17) is 15.2 Å². The number of phenolic OH excluding ortho intramolecular Hbond substituents is 1. The van der Waals surface area contributed by atoms with Crippen LogP contribution in [0.1, 0.15) is 44.4 Å². The van der Waals surface area contributed by atoms with Crippen molar-refractivity contribution in [3.05, 3.63) is 53.6 Å². The maximum atomic E-state index is 13.8. The van der Waals surface area contributed by atoms with Gasteiger partial charge in [0.1, 0.15) is 29.2 Å². The third-order valence-corrected chi connectivity index (χ3v) is 5.47. The second-order valence-electron chi connectivity index (χ2n) is 9.79. The smallest absolute Gasteiger partial charge is 0.408 e. The Morgan fingerprint density at radius 2 is 1.72 bits per heavy atom. The Balaban J connectivity index is 2.52. The molecule has 0 aromatic heterocycles. The first kappa shape index (κ1) is 30.9. The molecule has 0 fully saturated rings. The largest absolute Gasteiger partial charge is 0.508 e. The van der Waals surface area contributed by atoms with Gasteiger partial charge >= 0.3 is 6.09 Å².